The fourth-order valence-corrected chi connectivity index (χ4v) is 11.8. The highest BCUT2D eigenvalue weighted by Gasteiger charge is 2.50. The van der Waals surface area contributed by atoms with Crippen LogP contribution in [-0.4, -0.2) is 101 Å². The molecule has 1 saturated carbocycles. The lowest BCUT2D eigenvalue weighted by molar-refractivity contribution is -0.0592. The Morgan fingerprint density at radius 3 is 2.73 bits per heavy atom. The van der Waals surface area contributed by atoms with Gasteiger partial charge >= 0.3 is 0 Å². The highest BCUT2D eigenvalue weighted by molar-refractivity contribution is 7.90. The number of nitrogens with zero attached hydrogens (tertiary/aromatic N) is 3. The Morgan fingerprint density at radius 2 is 1.90 bits per heavy atom. The summed E-state index contributed by atoms with van der Waals surface area (Å²) < 4.78 is 42.1. The summed E-state index contributed by atoms with van der Waals surface area (Å²) >= 11 is 6.51. The average molecular weight is 751 g/mol. The number of halogens is 1. The number of aryl methyl sites for hydroxylation is 1. The van der Waals surface area contributed by atoms with Crippen molar-refractivity contribution < 1.29 is 22.7 Å². The van der Waals surface area contributed by atoms with E-state index in [1.54, 1.807) is 13.0 Å². The third-order valence-corrected chi connectivity index (χ3v) is 15.7. The lowest BCUT2D eigenvalue weighted by Gasteiger charge is -2.55. The maximum Gasteiger partial charge on any atom is 0.264 e. The number of sulfonamides is 1. The zero-order chi connectivity index (χ0) is 36.3. The van der Waals surface area contributed by atoms with Crippen LogP contribution in [0.5, 0.6) is 5.75 Å². The van der Waals surface area contributed by atoms with E-state index in [-0.39, 0.29) is 10.8 Å². The van der Waals surface area contributed by atoms with Gasteiger partial charge in [-0.2, -0.15) is 0 Å². The maximum atomic E-state index is 13.6. The van der Waals surface area contributed by atoms with Gasteiger partial charge in [-0.05, 0) is 117 Å². The van der Waals surface area contributed by atoms with Crippen molar-refractivity contribution in [2.75, 3.05) is 70.5 Å². The lowest BCUT2D eigenvalue weighted by Crippen LogP contribution is -2.59. The molecule has 0 aromatic heterocycles. The van der Waals surface area contributed by atoms with Gasteiger partial charge in [0.05, 0.1) is 30.8 Å². The largest absolute Gasteiger partial charge is 0.490 e. The Hall–Kier alpha value is -2.63. The van der Waals surface area contributed by atoms with Crippen LogP contribution in [0.1, 0.15) is 80.3 Å². The molecule has 4 heterocycles. The summed E-state index contributed by atoms with van der Waals surface area (Å²) in [6.07, 6.45) is 7.89. The molecule has 0 radical (unpaired) electrons. The van der Waals surface area contributed by atoms with E-state index in [1.165, 1.54) is 17.5 Å². The van der Waals surface area contributed by atoms with Gasteiger partial charge in [0.25, 0.3) is 5.91 Å². The van der Waals surface area contributed by atoms with Crippen molar-refractivity contribution in [1.29, 1.82) is 0 Å². The van der Waals surface area contributed by atoms with Crippen LogP contribution in [-0.2, 0) is 26.6 Å². The molecule has 282 valence electrons. The summed E-state index contributed by atoms with van der Waals surface area (Å²) in [4.78, 5) is 21.4. The third kappa shape index (κ3) is 6.91. The molecule has 2 aromatic rings. The number of fused-ring (bicyclic) bond motifs is 5. The van der Waals surface area contributed by atoms with Crippen LogP contribution in [0.4, 0.5) is 5.69 Å². The van der Waals surface area contributed by atoms with E-state index in [2.05, 4.69) is 45.1 Å². The minimum Gasteiger partial charge on any atom is -0.490 e. The second-order valence-corrected chi connectivity index (χ2v) is 19.5. The molecular formula is C41H55ClN4O5S. The molecule has 1 unspecified atom stereocenters. The van der Waals surface area contributed by atoms with Gasteiger partial charge in [0.1, 0.15) is 5.75 Å². The van der Waals surface area contributed by atoms with Crippen molar-refractivity contribution in [3.05, 3.63) is 70.3 Å². The molecule has 9 nitrogen and oxygen atoms in total. The van der Waals surface area contributed by atoms with Crippen LogP contribution < -0.4 is 14.4 Å². The first-order valence-corrected chi connectivity index (χ1v) is 21.4. The fraction of sp³-hybridized carbons (Fsp3) is 0.634. The van der Waals surface area contributed by atoms with E-state index in [9.17, 15) is 13.2 Å². The van der Waals surface area contributed by atoms with Crippen LogP contribution in [0, 0.1) is 17.3 Å². The number of anilines is 1. The Labute approximate surface area is 315 Å². The molecule has 2 saturated heterocycles. The number of nitrogens with one attached hydrogen (secondary N) is 1. The number of amides is 1. The number of carbonyl (C=O) groups is 1. The van der Waals surface area contributed by atoms with Crippen LogP contribution >= 0.6 is 11.6 Å². The molecule has 2 aliphatic carbocycles. The van der Waals surface area contributed by atoms with Gasteiger partial charge < -0.3 is 19.3 Å². The average Bonchev–Trinajstić information content (AvgIpc) is 3.26. The fourth-order valence-electron chi connectivity index (χ4n) is 10.5. The van der Waals surface area contributed by atoms with Crippen LogP contribution in [0.15, 0.2) is 48.6 Å². The van der Waals surface area contributed by atoms with Crippen LogP contribution in [0.25, 0.3) is 0 Å². The summed E-state index contributed by atoms with van der Waals surface area (Å²) in [7, 11) is -3.98. The summed E-state index contributed by atoms with van der Waals surface area (Å²) in [6.45, 7) is 17.4. The Kier molecular flexibility index (Phi) is 9.94. The van der Waals surface area contributed by atoms with Crippen LogP contribution in [0.3, 0.4) is 0 Å². The molecule has 2 bridgehead atoms. The Balaban J connectivity index is 1.16. The minimum atomic E-state index is -3.98. The first kappa shape index (κ1) is 36.4. The minimum absolute atomic E-state index is 0.0592. The van der Waals surface area contributed by atoms with E-state index in [1.807, 2.05) is 18.2 Å². The molecule has 3 fully saturated rings. The number of morpholine rings is 1. The Bertz CT molecular complexity index is 1820. The van der Waals surface area contributed by atoms with E-state index >= 15 is 0 Å². The standard InChI is InChI=1S/C41H55ClN4O5S/c1-28-6-4-7-32(22-44-16-17-45-18-19-50-24-34(45)23-44)35-13-15-40(35,3)25-46-26-41(14-5-8-30-20-33(42)10-11-36(30)41)27-51-38-12-9-31(21-37(38)46)39(47)43-52(48,49)29(28)2/h9-12,20-21,29,32,34-35H,1,4-8,13-19,22-27H2,2-3H3,(H,43,47)/t29-,32-,34+,35+,40?,41+/m1/s1. The van der Waals surface area contributed by atoms with Gasteiger partial charge in [0, 0.05) is 67.9 Å². The molecule has 11 heteroatoms. The quantitative estimate of drug-likeness (QED) is 0.372. The first-order valence-electron chi connectivity index (χ1n) is 19.5. The molecule has 1 spiro atoms. The molecule has 2 aromatic carbocycles. The normalized spacial score (nSPS) is 34.2. The number of hydrogen-bond acceptors (Lipinski definition) is 8. The van der Waals surface area contributed by atoms with E-state index in [0.717, 1.165) is 114 Å². The molecule has 6 atom stereocenters. The maximum absolute atomic E-state index is 13.6. The van der Waals surface area contributed by atoms with E-state index in [0.29, 0.717) is 42.0 Å². The number of benzene rings is 2. The van der Waals surface area contributed by atoms with Crippen LogP contribution in [0.2, 0.25) is 5.02 Å². The third-order valence-electron chi connectivity index (χ3n) is 13.7. The summed E-state index contributed by atoms with van der Waals surface area (Å²) in [5, 5.41) is -0.119. The second kappa shape index (κ2) is 14.2. The zero-order valence-corrected chi connectivity index (χ0v) is 32.5. The van der Waals surface area contributed by atoms with E-state index in [4.69, 9.17) is 21.1 Å². The predicted octanol–water partition coefficient (Wildman–Crippen LogP) is 6.05. The van der Waals surface area contributed by atoms with Crippen molar-refractivity contribution in [3.8, 4) is 5.75 Å². The molecule has 6 aliphatic rings. The molecule has 1 amide bonds. The molecule has 1 N–H and O–H groups in total. The number of piperazine rings is 1. The summed E-state index contributed by atoms with van der Waals surface area (Å²) in [5.74, 6) is 1.11. The van der Waals surface area contributed by atoms with Crippen molar-refractivity contribution >= 4 is 33.2 Å². The van der Waals surface area contributed by atoms with Gasteiger partial charge in [-0.3, -0.25) is 9.69 Å². The van der Waals surface area contributed by atoms with Gasteiger partial charge in [-0.25, -0.2) is 13.1 Å². The predicted molar refractivity (Wildman–Crippen MR) is 206 cm³/mol. The van der Waals surface area contributed by atoms with Crippen molar-refractivity contribution in [2.45, 2.75) is 81.9 Å². The number of rotatable bonds is 2. The van der Waals surface area contributed by atoms with Crippen molar-refractivity contribution in [2.24, 2.45) is 17.3 Å². The SMILES string of the molecule is C=C1CCC[C@H](CN2CCN3CCOC[C@@H]3C2)[C@@H]2CCC2(C)CN2C[C@@]3(CCCc4cc(Cl)ccc43)COc3ccc(cc32)C(=O)NS(=O)(=O)[C@@H]1C. The van der Waals surface area contributed by atoms with Gasteiger partial charge in [0.15, 0.2) is 0 Å². The topological polar surface area (TPSA) is 91.4 Å². The van der Waals surface area contributed by atoms with Crippen molar-refractivity contribution in [3.63, 3.8) is 0 Å². The molecular weight excluding hydrogens is 696 g/mol. The smallest absolute Gasteiger partial charge is 0.264 e. The van der Waals surface area contributed by atoms with Crippen molar-refractivity contribution in [1.82, 2.24) is 14.5 Å². The number of carbonyl (C=O) groups excluding carboxylic acids is 1. The van der Waals surface area contributed by atoms with Gasteiger partial charge in [0.2, 0.25) is 10.0 Å². The highest BCUT2D eigenvalue weighted by Crippen LogP contribution is 2.54. The summed E-state index contributed by atoms with van der Waals surface area (Å²) in [6, 6.07) is 12.2. The monoisotopic (exact) mass is 750 g/mol. The summed E-state index contributed by atoms with van der Waals surface area (Å²) in [5.41, 5.74) is 4.24. The first-order chi connectivity index (χ1) is 24.9. The highest BCUT2D eigenvalue weighted by atomic mass is 35.5. The van der Waals surface area contributed by atoms with Gasteiger partial charge in [-0.1, -0.05) is 36.7 Å². The Morgan fingerprint density at radius 1 is 1.04 bits per heavy atom. The lowest BCUT2D eigenvalue weighted by atomic mass is 9.55. The van der Waals surface area contributed by atoms with Gasteiger partial charge in [-0.15, -0.1) is 0 Å². The molecule has 8 rings (SSSR count). The zero-order valence-electron chi connectivity index (χ0n) is 30.9. The second-order valence-electron chi connectivity index (χ2n) is 17.0. The molecule has 4 aliphatic heterocycles. The molecule has 52 heavy (non-hydrogen) atoms. The number of hydrogen-bond donors (Lipinski definition) is 1. The number of ether oxygens (including phenoxy) is 2. The van der Waals surface area contributed by atoms with E-state index < -0.39 is 21.2 Å².